The first-order valence-corrected chi connectivity index (χ1v) is 11.6. The summed E-state index contributed by atoms with van der Waals surface area (Å²) in [5.74, 6) is 0.698. The second-order valence-corrected chi connectivity index (χ2v) is 9.04. The molecule has 0 saturated heterocycles. The molecule has 1 aliphatic rings. The smallest absolute Gasteiger partial charge is 0.267 e. The minimum Gasteiger partial charge on any atom is -0.497 e. The van der Waals surface area contributed by atoms with Crippen LogP contribution in [0.4, 0.5) is 0 Å². The summed E-state index contributed by atoms with van der Waals surface area (Å²) < 4.78 is 6.96. The number of fused-ring (bicyclic) bond motifs is 3. The highest BCUT2D eigenvalue weighted by atomic mass is 32.2. The first-order chi connectivity index (χ1) is 14.6. The summed E-state index contributed by atoms with van der Waals surface area (Å²) in [4.78, 5) is 32.6. The largest absolute Gasteiger partial charge is 0.497 e. The molecule has 0 radical (unpaired) electrons. The summed E-state index contributed by atoms with van der Waals surface area (Å²) in [6, 6.07) is 7.36. The fourth-order valence-electron chi connectivity index (χ4n) is 3.63. The summed E-state index contributed by atoms with van der Waals surface area (Å²) in [6.07, 6.45) is 5.80. The van der Waals surface area contributed by atoms with Crippen LogP contribution in [0.3, 0.4) is 0 Å². The van der Waals surface area contributed by atoms with Crippen LogP contribution in [0.5, 0.6) is 5.75 Å². The molecule has 8 heteroatoms. The Bertz CT molecular complexity index is 1170. The van der Waals surface area contributed by atoms with E-state index in [0.717, 1.165) is 41.5 Å². The third-order valence-corrected chi connectivity index (χ3v) is 7.17. The minimum absolute atomic E-state index is 0.0818. The van der Waals surface area contributed by atoms with E-state index in [-0.39, 0.29) is 17.2 Å². The zero-order valence-corrected chi connectivity index (χ0v) is 18.4. The Labute approximate surface area is 183 Å². The van der Waals surface area contributed by atoms with E-state index in [9.17, 15) is 9.59 Å². The highest BCUT2D eigenvalue weighted by molar-refractivity contribution is 7.99. The molecule has 0 bridgehead atoms. The zero-order valence-electron chi connectivity index (χ0n) is 16.8. The molecule has 156 valence electrons. The lowest BCUT2D eigenvalue weighted by Crippen LogP contribution is -2.26. The van der Waals surface area contributed by atoms with E-state index in [1.807, 2.05) is 24.3 Å². The zero-order chi connectivity index (χ0) is 21.1. The van der Waals surface area contributed by atoms with Crippen LogP contribution in [0, 0.1) is 0 Å². The van der Waals surface area contributed by atoms with Gasteiger partial charge in [0.1, 0.15) is 10.6 Å². The third-order valence-electron chi connectivity index (χ3n) is 5.05. The molecule has 0 spiro atoms. The van der Waals surface area contributed by atoms with Gasteiger partial charge in [-0.3, -0.25) is 14.2 Å². The van der Waals surface area contributed by atoms with Crippen LogP contribution in [0.1, 0.15) is 23.3 Å². The van der Waals surface area contributed by atoms with Gasteiger partial charge in [-0.25, -0.2) is 4.98 Å². The van der Waals surface area contributed by atoms with E-state index >= 15 is 0 Å². The number of thiophene rings is 1. The Morgan fingerprint density at radius 3 is 3.03 bits per heavy atom. The summed E-state index contributed by atoms with van der Waals surface area (Å²) in [6.45, 7) is 4.02. The molecule has 0 aliphatic heterocycles. The molecular formula is C22H23N3O3S2. The number of thioether (sulfide) groups is 1. The number of ether oxygens (including phenoxy) is 1. The summed E-state index contributed by atoms with van der Waals surface area (Å²) in [5, 5.41) is 3.99. The second-order valence-electron chi connectivity index (χ2n) is 7.01. The molecular weight excluding hydrogens is 418 g/mol. The van der Waals surface area contributed by atoms with Gasteiger partial charge in [-0.2, -0.15) is 0 Å². The normalized spacial score (nSPS) is 13.1. The van der Waals surface area contributed by atoms with Crippen LogP contribution < -0.4 is 15.6 Å². The molecule has 0 saturated carbocycles. The van der Waals surface area contributed by atoms with Gasteiger partial charge in [0.25, 0.3) is 5.56 Å². The van der Waals surface area contributed by atoms with Crippen molar-refractivity contribution in [2.24, 2.45) is 0 Å². The van der Waals surface area contributed by atoms with Gasteiger partial charge in [-0.05, 0) is 43.4 Å². The standard InChI is InChI=1S/C22H23N3O3S2/c1-3-11-23-18(26)13-29-22-24-20-19(16-9-4-5-10-17(16)30-20)21(27)25(22)14-7-6-8-15(12-14)28-2/h3,6-8,12H,1,4-5,9-11,13H2,2H3,(H,23,26). The van der Waals surface area contributed by atoms with E-state index in [1.54, 1.807) is 29.1 Å². The van der Waals surface area contributed by atoms with Crippen molar-refractivity contribution in [3.63, 3.8) is 0 Å². The van der Waals surface area contributed by atoms with E-state index in [1.165, 1.54) is 16.6 Å². The predicted molar refractivity (Wildman–Crippen MR) is 122 cm³/mol. The van der Waals surface area contributed by atoms with Crippen molar-refractivity contribution in [2.45, 2.75) is 30.8 Å². The van der Waals surface area contributed by atoms with Crippen LogP contribution in [-0.2, 0) is 17.6 Å². The van der Waals surface area contributed by atoms with Crippen LogP contribution in [0.25, 0.3) is 15.9 Å². The first kappa shape index (κ1) is 20.7. The highest BCUT2D eigenvalue weighted by Gasteiger charge is 2.23. The van der Waals surface area contributed by atoms with Gasteiger partial charge in [-0.15, -0.1) is 17.9 Å². The maximum Gasteiger partial charge on any atom is 0.267 e. The van der Waals surface area contributed by atoms with Gasteiger partial charge in [0.2, 0.25) is 5.91 Å². The molecule has 2 aromatic heterocycles. The molecule has 0 unspecified atom stereocenters. The molecule has 3 aromatic rings. The number of nitrogens with one attached hydrogen (secondary N) is 1. The van der Waals surface area contributed by atoms with Crippen LogP contribution in [-0.4, -0.2) is 34.9 Å². The molecule has 2 heterocycles. The Kier molecular flexibility index (Phi) is 6.24. The topological polar surface area (TPSA) is 73.2 Å². The summed E-state index contributed by atoms with van der Waals surface area (Å²) in [7, 11) is 1.60. The highest BCUT2D eigenvalue weighted by Crippen LogP contribution is 2.35. The van der Waals surface area contributed by atoms with Crippen LogP contribution in [0.2, 0.25) is 0 Å². The maximum atomic E-state index is 13.7. The summed E-state index contributed by atoms with van der Waals surface area (Å²) >= 11 is 2.87. The Morgan fingerprint density at radius 1 is 1.40 bits per heavy atom. The lowest BCUT2D eigenvalue weighted by molar-refractivity contribution is -0.118. The average molecular weight is 442 g/mol. The number of rotatable bonds is 7. The molecule has 0 atom stereocenters. The Hall–Kier alpha value is -2.58. The van der Waals surface area contributed by atoms with Crippen molar-refractivity contribution in [3.8, 4) is 11.4 Å². The second kappa shape index (κ2) is 9.06. The van der Waals surface area contributed by atoms with Crippen molar-refractivity contribution in [3.05, 3.63) is 57.7 Å². The van der Waals surface area contributed by atoms with Crippen molar-refractivity contribution in [2.75, 3.05) is 19.4 Å². The van der Waals surface area contributed by atoms with Gasteiger partial charge in [-0.1, -0.05) is 23.9 Å². The first-order valence-electron chi connectivity index (χ1n) is 9.84. The fourth-order valence-corrected chi connectivity index (χ4v) is 5.77. The van der Waals surface area contributed by atoms with Crippen LogP contribution >= 0.6 is 23.1 Å². The SMILES string of the molecule is C=CCNC(=O)CSc1nc2sc3c(c2c(=O)n1-c1cccc(OC)c1)CCCC3. The minimum atomic E-state index is -0.128. The average Bonchev–Trinajstić information content (AvgIpc) is 3.15. The molecule has 30 heavy (non-hydrogen) atoms. The van der Waals surface area contributed by atoms with Crippen molar-refractivity contribution < 1.29 is 9.53 Å². The number of benzene rings is 1. The molecule has 1 aromatic carbocycles. The number of hydrogen-bond donors (Lipinski definition) is 1. The van der Waals surface area contributed by atoms with Gasteiger partial charge in [0.15, 0.2) is 5.16 Å². The number of hydrogen-bond acceptors (Lipinski definition) is 6. The van der Waals surface area contributed by atoms with E-state index < -0.39 is 0 Å². The van der Waals surface area contributed by atoms with Crippen molar-refractivity contribution >= 4 is 39.2 Å². The Balaban J connectivity index is 1.84. The van der Waals surface area contributed by atoms with Gasteiger partial charge in [0.05, 0.1) is 23.9 Å². The number of amides is 1. The summed E-state index contributed by atoms with van der Waals surface area (Å²) in [5.41, 5.74) is 1.75. The van der Waals surface area contributed by atoms with E-state index in [2.05, 4.69) is 11.9 Å². The van der Waals surface area contributed by atoms with Crippen molar-refractivity contribution in [1.29, 1.82) is 0 Å². The molecule has 1 aliphatic carbocycles. The van der Waals surface area contributed by atoms with Crippen LogP contribution in [0.15, 0.2) is 46.9 Å². The number of aryl methyl sites for hydroxylation is 2. The fraction of sp³-hybridized carbons (Fsp3) is 0.318. The molecule has 1 N–H and O–H groups in total. The van der Waals surface area contributed by atoms with E-state index in [0.29, 0.717) is 23.1 Å². The predicted octanol–water partition coefficient (Wildman–Crippen LogP) is 3.73. The number of carbonyl (C=O) groups excluding carboxylic acids is 1. The van der Waals surface area contributed by atoms with E-state index in [4.69, 9.17) is 9.72 Å². The molecule has 6 nitrogen and oxygen atoms in total. The van der Waals surface area contributed by atoms with Gasteiger partial charge >= 0.3 is 0 Å². The van der Waals surface area contributed by atoms with Gasteiger partial charge < -0.3 is 10.1 Å². The lowest BCUT2D eigenvalue weighted by atomic mass is 9.97. The quantitative estimate of drug-likeness (QED) is 0.344. The number of carbonyl (C=O) groups is 1. The monoisotopic (exact) mass is 441 g/mol. The lowest BCUT2D eigenvalue weighted by Gasteiger charge is -2.14. The Morgan fingerprint density at radius 2 is 2.23 bits per heavy atom. The van der Waals surface area contributed by atoms with Crippen molar-refractivity contribution in [1.82, 2.24) is 14.9 Å². The third kappa shape index (κ3) is 4.02. The molecule has 1 amide bonds. The number of nitrogens with zero attached hydrogens (tertiary/aromatic N) is 2. The molecule has 4 rings (SSSR count). The van der Waals surface area contributed by atoms with Gasteiger partial charge in [0, 0.05) is 17.5 Å². The number of methoxy groups -OCH3 is 1. The maximum absolute atomic E-state index is 13.7. The number of aromatic nitrogens is 2. The molecule has 0 fully saturated rings.